The number of nitrogens with zero attached hydrogens (tertiary/aromatic N) is 1. The van der Waals surface area contributed by atoms with Crippen molar-refractivity contribution in [3.63, 3.8) is 0 Å². The fourth-order valence-electron chi connectivity index (χ4n) is 2.75. The second-order valence-electron chi connectivity index (χ2n) is 6.30. The van der Waals surface area contributed by atoms with E-state index in [1.807, 2.05) is 0 Å². The van der Waals surface area contributed by atoms with Gasteiger partial charge >= 0.3 is 0 Å². The van der Waals surface area contributed by atoms with E-state index in [0.717, 1.165) is 19.4 Å². The van der Waals surface area contributed by atoms with E-state index in [0.29, 0.717) is 5.41 Å². The molecule has 1 heterocycles. The predicted molar refractivity (Wildman–Crippen MR) is 72.9 cm³/mol. The maximum absolute atomic E-state index is 6.26. The van der Waals surface area contributed by atoms with Crippen LogP contribution < -0.4 is 5.73 Å². The zero-order valence-corrected chi connectivity index (χ0v) is 11.5. The molecule has 1 aromatic heterocycles. The summed E-state index contributed by atoms with van der Waals surface area (Å²) in [5, 5.41) is 0. The van der Waals surface area contributed by atoms with Gasteiger partial charge in [-0.2, -0.15) is 0 Å². The maximum atomic E-state index is 6.26. The summed E-state index contributed by atoms with van der Waals surface area (Å²) < 4.78 is 2.35. The summed E-state index contributed by atoms with van der Waals surface area (Å²) in [5.74, 6) is 0. The van der Waals surface area contributed by atoms with E-state index in [1.165, 1.54) is 16.8 Å². The first-order valence-corrected chi connectivity index (χ1v) is 6.46. The van der Waals surface area contributed by atoms with Gasteiger partial charge in [0.05, 0.1) is 0 Å². The van der Waals surface area contributed by atoms with E-state index in [4.69, 9.17) is 5.73 Å². The fourth-order valence-corrected chi connectivity index (χ4v) is 2.75. The van der Waals surface area contributed by atoms with Crippen molar-refractivity contribution >= 4 is 0 Å². The highest BCUT2D eigenvalue weighted by atomic mass is 15.0. The van der Waals surface area contributed by atoms with E-state index in [9.17, 15) is 0 Å². The van der Waals surface area contributed by atoms with Gasteiger partial charge < -0.3 is 10.3 Å². The molecule has 1 atom stereocenters. The zero-order valence-electron chi connectivity index (χ0n) is 11.5. The summed E-state index contributed by atoms with van der Waals surface area (Å²) in [7, 11) is 0. The fraction of sp³-hybridized carbons (Fsp3) is 0.600. The van der Waals surface area contributed by atoms with Gasteiger partial charge in [0.25, 0.3) is 0 Å². The monoisotopic (exact) mass is 232 g/mol. The molecule has 17 heavy (non-hydrogen) atoms. The first-order chi connectivity index (χ1) is 7.89. The minimum atomic E-state index is 0.210. The molecule has 0 saturated heterocycles. The topological polar surface area (TPSA) is 30.9 Å². The molecule has 0 saturated carbocycles. The number of fused-ring (bicyclic) bond motifs is 1. The lowest BCUT2D eigenvalue weighted by molar-refractivity contribution is 0.276. The van der Waals surface area contributed by atoms with Crippen molar-refractivity contribution in [2.24, 2.45) is 11.1 Å². The van der Waals surface area contributed by atoms with Gasteiger partial charge in [0, 0.05) is 24.5 Å². The van der Waals surface area contributed by atoms with Crippen molar-refractivity contribution in [2.75, 3.05) is 0 Å². The van der Waals surface area contributed by atoms with Crippen molar-refractivity contribution in [1.29, 1.82) is 0 Å². The largest absolute Gasteiger partial charge is 0.347 e. The highest BCUT2D eigenvalue weighted by Crippen LogP contribution is 2.39. The smallest absolute Gasteiger partial charge is 0.0405 e. The average molecular weight is 232 g/mol. The van der Waals surface area contributed by atoms with Crippen LogP contribution in [0.2, 0.25) is 0 Å². The Bertz CT molecular complexity index is 434. The molecule has 1 unspecified atom stereocenters. The van der Waals surface area contributed by atoms with Gasteiger partial charge in [-0.15, -0.1) is 0 Å². The molecule has 2 nitrogen and oxygen atoms in total. The molecule has 1 aliphatic rings. The molecule has 0 aliphatic heterocycles. The standard InChI is InChI=1S/C15H24N2/c1-11(2)5-7-17-8-6-12-13(16)9-15(3,4)10-14(12)17/h5-6,8,13H,7,9-10,16H2,1-4H3. The van der Waals surface area contributed by atoms with E-state index in [-0.39, 0.29) is 6.04 Å². The van der Waals surface area contributed by atoms with Crippen LogP contribution in [0.4, 0.5) is 0 Å². The van der Waals surface area contributed by atoms with Crippen LogP contribution in [0.25, 0.3) is 0 Å². The van der Waals surface area contributed by atoms with Gasteiger partial charge in [-0.3, -0.25) is 0 Å². The Balaban J connectivity index is 2.31. The van der Waals surface area contributed by atoms with Gasteiger partial charge in [-0.1, -0.05) is 25.5 Å². The summed E-state index contributed by atoms with van der Waals surface area (Å²) in [6.07, 6.45) is 6.69. The predicted octanol–water partition coefficient (Wildman–Crippen LogP) is 3.43. The van der Waals surface area contributed by atoms with Crippen molar-refractivity contribution in [1.82, 2.24) is 4.57 Å². The lowest BCUT2D eigenvalue weighted by Crippen LogP contribution is -2.30. The maximum Gasteiger partial charge on any atom is 0.0405 e. The quantitative estimate of drug-likeness (QED) is 0.778. The van der Waals surface area contributed by atoms with Crippen LogP contribution in [0.5, 0.6) is 0 Å². The molecule has 0 bridgehead atoms. The summed E-state index contributed by atoms with van der Waals surface area (Å²) in [4.78, 5) is 0. The first kappa shape index (κ1) is 12.4. The van der Waals surface area contributed by atoms with Crippen molar-refractivity contribution in [3.8, 4) is 0 Å². The lowest BCUT2D eigenvalue weighted by Gasteiger charge is -2.34. The number of hydrogen-bond donors (Lipinski definition) is 1. The highest BCUT2D eigenvalue weighted by molar-refractivity contribution is 5.30. The summed E-state index contributed by atoms with van der Waals surface area (Å²) >= 11 is 0. The molecule has 1 aromatic rings. The molecule has 0 aromatic carbocycles. The van der Waals surface area contributed by atoms with Crippen LogP contribution >= 0.6 is 0 Å². The number of allylic oxidation sites excluding steroid dienone is 2. The Morgan fingerprint density at radius 1 is 1.53 bits per heavy atom. The van der Waals surface area contributed by atoms with Crippen LogP contribution in [0.15, 0.2) is 23.9 Å². The van der Waals surface area contributed by atoms with Crippen molar-refractivity contribution < 1.29 is 0 Å². The molecular weight excluding hydrogens is 208 g/mol. The molecule has 2 N–H and O–H groups in total. The third-order valence-corrected chi connectivity index (χ3v) is 3.63. The van der Waals surface area contributed by atoms with E-state index >= 15 is 0 Å². The number of aromatic nitrogens is 1. The van der Waals surface area contributed by atoms with Gasteiger partial charge in [-0.25, -0.2) is 0 Å². The minimum absolute atomic E-state index is 0.210. The van der Waals surface area contributed by atoms with Gasteiger partial charge in [0.2, 0.25) is 0 Å². The molecule has 0 spiro atoms. The Morgan fingerprint density at radius 3 is 2.88 bits per heavy atom. The van der Waals surface area contributed by atoms with Gasteiger partial charge in [-0.05, 0) is 43.7 Å². The Labute approximate surface area is 105 Å². The normalized spacial score (nSPS) is 22.1. The Morgan fingerprint density at radius 2 is 2.24 bits per heavy atom. The molecular formula is C15H24N2. The first-order valence-electron chi connectivity index (χ1n) is 6.46. The van der Waals surface area contributed by atoms with Crippen molar-refractivity contribution in [3.05, 3.63) is 35.2 Å². The molecule has 2 heteroatoms. The Kier molecular flexibility index (Phi) is 3.17. The summed E-state index contributed by atoms with van der Waals surface area (Å²) in [5.41, 5.74) is 10.7. The Hall–Kier alpha value is -1.02. The number of hydrogen-bond acceptors (Lipinski definition) is 1. The van der Waals surface area contributed by atoms with Crippen molar-refractivity contribution in [2.45, 2.75) is 53.1 Å². The van der Waals surface area contributed by atoms with Crippen LogP contribution in [-0.4, -0.2) is 4.57 Å². The molecule has 0 fully saturated rings. The summed E-state index contributed by atoms with van der Waals surface area (Å²) in [6, 6.07) is 2.41. The van der Waals surface area contributed by atoms with E-state index in [1.54, 1.807) is 0 Å². The van der Waals surface area contributed by atoms with E-state index in [2.05, 4.69) is 50.6 Å². The van der Waals surface area contributed by atoms with E-state index < -0.39 is 0 Å². The zero-order chi connectivity index (χ0) is 12.6. The third kappa shape index (κ3) is 2.63. The number of rotatable bonds is 2. The van der Waals surface area contributed by atoms with Crippen LogP contribution in [0.1, 0.15) is 51.4 Å². The molecule has 1 aliphatic carbocycles. The van der Waals surface area contributed by atoms with Crippen LogP contribution in [-0.2, 0) is 13.0 Å². The molecule has 0 amide bonds. The minimum Gasteiger partial charge on any atom is -0.347 e. The van der Waals surface area contributed by atoms with Gasteiger partial charge in [0.15, 0.2) is 0 Å². The average Bonchev–Trinajstić information content (AvgIpc) is 2.56. The van der Waals surface area contributed by atoms with Crippen LogP contribution in [0, 0.1) is 5.41 Å². The third-order valence-electron chi connectivity index (χ3n) is 3.63. The number of nitrogens with two attached hydrogens (primary N) is 1. The van der Waals surface area contributed by atoms with Gasteiger partial charge in [0.1, 0.15) is 0 Å². The SMILES string of the molecule is CC(C)=CCn1ccc2c1CC(C)(C)CC2N. The summed E-state index contributed by atoms with van der Waals surface area (Å²) in [6.45, 7) is 9.89. The molecule has 2 rings (SSSR count). The second-order valence-corrected chi connectivity index (χ2v) is 6.30. The van der Waals surface area contributed by atoms with Crippen LogP contribution in [0.3, 0.4) is 0 Å². The second kappa shape index (κ2) is 4.34. The molecule has 0 radical (unpaired) electrons. The highest BCUT2D eigenvalue weighted by Gasteiger charge is 2.32. The molecule has 94 valence electrons. The lowest BCUT2D eigenvalue weighted by atomic mass is 9.74.